The molecule has 0 aromatic rings. The van der Waals surface area contributed by atoms with Crippen LogP contribution in [0.2, 0.25) is 0 Å². The van der Waals surface area contributed by atoms with Gasteiger partial charge in [-0.1, -0.05) is 105 Å². The van der Waals surface area contributed by atoms with E-state index in [1.807, 2.05) is 0 Å². The maximum Gasteiger partial charge on any atom is 0.245 e. The smallest absolute Gasteiger partial charge is 0.245 e. The predicted molar refractivity (Wildman–Crippen MR) is 185 cm³/mol. The molecule has 2 aliphatic heterocycles. The van der Waals surface area contributed by atoms with Gasteiger partial charge in [-0.25, -0.2) is 0 Å². The van der Waals surface area contributed by atoms with E-state index in [-0.39, 0.29) is 10.2 Å². The zero-order valence-corrected chi connectivity index (χ0v) is 30.0. The molecule has 2 fully saturated rings. The molecule has 2 rings (SSSR count). The van der Waals surface area contributed by atoms with Gasteiger partial charge in [0, 0.05) is 26.2 Å². The molecule has 8 nitrogen and oxygen atoms in total. The first kappa shape index (κ1) is 38.2. The summed E-state index contributed by atoms with van der Waals surface area (Å²) in [7, 11) is 0. The van der Waals surface area contributed by atoms with Gasteiger partial charge in [0.25, 0.3) is 0 Å². The molecule has 0 aromatic carbocycles. The predicted octanol–water partition coefficient (Wildman–Crippen LogP) is 7.23. The van der Waals surface area contributed by atoms with Gasteiger partial charge in [-0.2, -0.15) is 0 Å². The van der Waals surface area contributed by atoms with E-state index in [2.05, 4.69) is 27.7 Å². The van der Waals surface area contributed by atoms with E-state index in [1.54, 1.807) is 0 Å². The van der Waals surface area contributed by atoms with Crippen molar-refractivity contribution in [3.63, 3.8) is 0 Å². The van der Waals surface area contributed by atoms with E-state index in [9.17, 15) is 19.2 Å². The Balaban J connectivity index is 2.61. The van der Waals surface area contributed by atoms with Gasteiger partial charge in [-0.05, 0) is 64.0 Å². The van der Waals surface area contributed by atoms with Crippen molar-refractivity contribution in [2.24, 2.45) is 10.8 Å². The van der Waals surface area contributed by atoms with E-state index in [1.165, 1.54) is 33.4 Å². The summed E-state index contributed by atoms with van der Waals surface area (Å²) in [5, 5.41) is 0.376. The molecule has 4 amide bonds. The lowest BCUT2D eigenvalue weighted by Gasteiger charge is -2.54. The first-order chi connectivity index (χ1) is 21.0. The minimum Gasteiger partial charge on any atom is -0.288 e. The zero-order chi connectivity index (χ0) is 32.9. The average molecular weight is 651 g/mol. The molecule has 2 saturated heterocycles. The highest BCUT2D eigenvalue weighted by molar-refractivity contribution is 7.80. The van der Waals surface area contributed by atoms with Gasteiger partial charge in [0.05, 0.1) is 0 Å². The molecule has 2 aliphatic rings. The van der Waals surface area contributed by atoms with E-state index in [4.69, 9.17) is 24.4 Å². The van der Waals surface area contributed by atoms with Crippen molar-refractivity contribution >= 4 is 58.3 Å². The van der Waals surface area contributed by atoms with Crippen LogP contribution in [0.5, 0.6) is 0 Å². The lowest BCUT2D eigenvalue weighted by molar-refractivity contribution is -0.181. The van der Waals surface area contributed by atoms with Crippen LogP contribution in [0, 0.1) is 10.8 Å². The molecule has 44 heavy (non-hydrogen) atoms. The molecule has 2 heterocycles. The second kappa shape index (κ2) is 18.3. The van der Waals surface area contributed by atoms with E-state index in [0.717, 1.165) is 103 Å². The number of thiocarbonyl (C=S) groups is 2. The number of carbonyl (C=O) groups is 4. The van der Waals surface area contributed by atoms with Crippen LogP contribution in [0.15, 0.2) is 0 Å². The van der Waals surface area contributed by atoms with Gasteiger partial charge >= 0.3 is 0 Å². The monoisotopic (exact) mass is 650 g/mol. The fourth-order valence-electron chi connectivity index (χ4n) is 6.33. The Hall–Kier alpha value is -1.94. The molecular formula is C34H58N4O4S2. The van der Waals surface area contributed by atoms with Crippen LogP contribution in [0.25, 0.3) is 0 Å². The molecule has 250 valence electrons. The summed E-state index contributed by atoms with van der Waals surface area (Å²) in [4.78, 5) is 64.2. The Morgan fingerprint density at radius 1 is 0.409 bits per heavy atom. The Labute approximate surface area is 277 Å². The number of hydrogen-bond acceptors (Lipinski definition) is 6. The van der Waals surface area contributed by atoms with Gasteiger partial charge in [-0.15, -0.1) is 0 Å². The van der Waals surface area contributed by atoms with Crippen molar-refractivity contribution < 1.29 is 19.2 Å². The highest BCUT2D eigenvalue weighted by atomic mass is 32.1. The third kappa shape index (κ3) is 8.06. The maximum absolute atomic E-state index is 14.6. The molecular weight excluding hydrogens is 593 g/mol. The van der Waals surface area contributed by atoms with Crippen molar-refractivity contribution in [3.05, 3.63) is 0 Å². The van der Waals surface area contributed by atoms with Crippen molar-refractivity contribution in [2.75, 3.05) is 26.2 Å². The zero-order valence-electron chi connectivity index (χ0n) is 28.4. The second-order valence-electron chi connectivity index (χ2n) is 12.9. The normalized spacial score (nSPS) is 18.7. The molecule has 10 heteroatoms. The highest BCUT2D eigenvalue weighted by Crippen LogP contribution is 2.49. The Morgan fingerprint density at radius 3 is 0.795 bits per heavy atom. The standard InChI is InChI=1S/C34H58N4O4S2/c1-7-11-15-19-23-35-27(39)33(5,28(40)36(31(35)43)24-20-16-12-8-2)34(6)29(41)37(25-21-17-13-9-3)32(44)38(30(34)42)26-22-18-14-10-4/h7-26H2,1-6H3. The number of rotatable bonds is 21. The van der Waals surface area contributed by atoms with Crippen LogP contribution in [0.1, 0.15) is 144 Å². The van der Waals surface area contributed by atoms with Crippen LogP contribution < -0.4 is 0 Å². The molecule has 0 radical (unpaired) electrons. The first-order valence-corrected chi connectivity index (χ1v) is 18.2. The van der Waals surface area contributed by atoms with Crippen LogP contribution in [0.4, 0.5) is 0 Å². The SMILES string of the molecule is CCCCCCN1C(=O)C(C)(C2(C)C(=O)N(CCCCCC)C(=S)N(CCCCCC)C2=O)C(=O)N(CCCCCC)C1=S. The summed E-state index contributed by atoms with van der Waals surface area (Å²) < 4.78 is 0. The van der Waals surface area contributed by atoms with Crippen LogP contribution in [-0.4, -0.2) is 79.6 Å². The summed E-state index contributed by atoms with van der Waals surface area (Å²) in [5.74, 6) is -2.21. The fraction of sp³-hybridized carbons (Fsp3) is 0.824. The summed E-state index contributed by atoms with van der Waals surface area (Å²) in [6, 6.07) is 0. The van der Waals surface area contributed by atoms with Crippen molar-refractivity contribution in [1.82, 2.24) is 19.6 Å². The molecule has 0 saturated carbocycles. The van der Waals surface area contributed by atoms with Gasteiger partial charge in [0.1, 0.15) is 10.8 Å². The number of nitrogens with zero attached hydrogens (tertiary/aromatic N) is 4. The fourth-order valence-corrected chi connectivity index (χ4v) is 7.03. The molecule has 0 spiro atoms. The maximum atomic E-state index is 14.6. The quantitative estimate of drug-likeness (QED) is 0.0741. The van der Waals surface area contributed by atoms with E-state index >= 15 is 0 Å². The van der Waals surface area contributed by atoms with E-state index < -0.39 is 34.5 Å². The molecule has 0 N–H and O–H groups in total. The summed E-state index contributed by atoms with van der Waals surface area (Å²) in [6.07, 6.45) is 14.9. The molecule has 0 aliphatic carbocycles. The van der Waals surface area contributed by atoms with Crippen molar-refractivity contribution in [1.29, 1.82) is 0 Å². The molecule has 0 atom stereocenters. The largest absolute Gasteiger partial charge is 0.288 e. The Kier molecular flexibility index (Phi) is 15.9. The van der Waals surface area contributed by atoms with Crippen LogP contribution in [-0.2, 0) is 19.2 Å². The van der Waals surface area contributed by atoms with Crippen LogP contribution in [0.3, 0.4) is 0 Å². The minimum absolute atomic E-state index is 0.188. The number of hydrogen-bond donors (Lipinski definition) is 0. The molecule has 0 bridgehead atoms. The summed E-state index contributed by atoms with van der Waals surface area (Å²) in [6.45, 7) is 12.9. The number of carbonyl (C=O) groups excluding carboxylic acids is 4. The minimum atomic E-state index is -1.96. The number of amides is 4. The summed E-state index contributed by atoms with van der Waals surface area (Å²) in [5.41, 5.74) is -3.92. The van der Waals surface area contributed by atoms with Gasteiger partial charge in [0.2, 0.25) is 23.6 Å². The first-order valence-electron chi connectivity index (χ1n) is 17.4. The number of unbranched alkanes of at least 4 members (excludes halogenated alkanes) is 12. The molecule has 0 unspecified atom stereocenters. The van der Waals surface area contributed by atoms with Gasteiger partial charge in [-0.3, -0.25) is 38.8 Å². The lowest BCUT2D eigenvalue weighted by atomic mass is 9.60. The highest BCUT2D eigenvalue weighted by Gasteiger charge is 2.71. The molecule has 0 aromatic heterocycles. The average Bonchev–Trinajstić information content (AvgIpc) is 3.01. The van der Waals surface area contributed by atoms with Crippen molar-refractivity contribution in [3.8, 4) is 0 Å². The van der Waals surface area contributed by atoms with Gasteiger partial charge < -0.3 is 0 Å². The Morgan fingerprint density at radius 2 is 0.614 bits per heavy atom. The summed E-state index contributed by atoms with van der Waals surface area (Å²) >= 11 is 11.6. The second-order valence-corrected chi connectivity index (χ2v) is 13.6. The van der Waals surface area contributed by atoms with Crippen LogP contribution >= 0.6 is 24.4 Å². The Bertz CT molecular complexity index is 885. The van der Waals surface area contributed by atoms with Gasteiger partial charge in [0.15, 0.2) is 10.2 Å². The lowest BCUT2D eigenvalue weighted by Crippen LogP contribution is -2.76. The van der Waals surface area contributed by atoms with E-state index in [0.29, 0.717) is 26.2 Å². The topological polar surface area (TPSA) is 81.2 Å². The third-order valence-electron chi connectivity index (χ3n) is 9.56. The van der Waals surface area contributed by atoms with Crippen molar-refractivity contribution in [2.45, 2.75) is 144 Å². The third-order valence-corrected chi connectivity index (χ3v) is 10.4.